The van der Waals surface area contributed by atoms with E-state index in [1.54, 1.807) is 61.1 Å². The Morgan fingerprint density at radius 3 is 2.51 bits per heavy atom. The van der Waals surface area contributed by atoms with Crippen LogP contribution >= 0.6 is 11.6 Å². The van der Waals surface area contributed by atoms with Gasteiger partial charge in [-0.15, -0.1) is 0 Å². The Kier molecular flexibility index (Phi) is 8.22. The molecule has 8 heteroatoms. The summed E-state index contributed by atoms with van der Waals surface area (Å²) in [7, 11) is 1.56. The Bertz CT molecular complexity index is 1310. The first-order valence-corrected chi connectivity index (χ1v) is 13.0. The average Bonchev–Trinajstić information content (AvgIpc) is 3.15. The lowest BCUT2D eigenvalue weighted by atomic mass is 9.78. The number of carbonyl (C=O) groups excluding carboxylic acids is 3. The van der Waals surface area contributed by atoms with Crippen LogP contribution in [-0.4, -0.2) is 42.1 Å². The van der Waals surface area contributed by atoms with Crippen molar-refractivity contribution in [1.29, 1.82) is 0 Å². The third-order valence-corrected chi connectivity index (χ3v) is 7.83. The predicted molar refractivity (Wildman–Crippen MR) is 143 cm³/mol. The number of benzene rings is 2. The zero-order chi connectivity index (χ0) is 26.7. The summed E-state index contributed by atoms with van der Waals surface area (Å²) in [5.74, 6) is 0.472. The number of carbonyl (C=O) groups is 3. The molecule has 37 heavy (non-hydrogen) atoms. The molecule has 1 heterocycles. The molecule has 0 bridgehead atoms. The third kappa shape index (κ3) is 5.82. The number of fused-ring (bicyclic) bond motifs is 1. The maximum atomic E-state index is 13.4. The van der Waals surface area contributed by atoms with Crippen LogP contribution in [0.4, 0.5) is 0 Å². The standard InChI is InChI=1S/C29H33ClN2O5/c1-17-6-5-7-25(18(17)2)31-27(33)16-37-28(34)15-23-19(3)32(26-13-12-22(36-4)14-24(23)26)29(35)20-8-10-21(30)11-9-20/h8-14,17-18,25H,5-7,15-16H2,1-4H3,(H,31,33)/t17-,18+,25-/m1/s1. The SMILES string of the molecule is COc1ccc2c(c1)c(CC(=O)OCC(=O)N[C@@H]1CCC[C@@H](C)[C@@H]1C)c(C)n2C(=O)c1ccc(Cl)cc1. The predicted octanol–water partition coefficient (Wildman–Crippen LogP) is 5.33. The minimum Gasteiger partial charge on any atom is -0.497 e. The number of methoxy groups -OCH3 is 1. The largest absolute Gasteiger partial charge is 0.497 e. The van der Waals surface area contributed by atoms with Gasteiger partial charge in [-0.2, -0.15) is 0 Å². The minimum atomic E-state index is -0.538. The number of nitrogens with zero attached hydrogens (tertiary/aromatic N) is 1. The summed E-state index contributed by atoms with van der Waals surface area (Å²) in [6, 6.07) is 12.1. The Morgan fingerprint density at radius 2 is 1.81 bits per heavy atom. The van der Waals surface area contributed by atoms with E-state index in [1.165, 1.54) is 6.42 Å². The van der Waals surface area contributed by atoms with Gasteiger partial charge in [-0.05, 0) is 73.2 Å². The molecule has 0 radical (unpaired) electrons. The molecule has 0 saturated heterocycles. The van der Waals surface area contributed by atoms with E-state index in [4.69, 9.17) is 21.1 Å². The van der Waals surface area contributed by atoms with Gasteiger partial charge in [0.2, 0.25) is 0 Å². The molecule has 2 aromatic carbocycles. The Hall–Kier alpha value is -3.32. The molecule has 1 aliphatic rings. The van der Waals surface area contributed by atoms with Gasteiger partial charge in [0.05, 0.1) is 19.0 Å². The number of aromatic nitrogens is 1. The molecule has 1 aliphatic carbocycles. The van der Waals surface area contributed by atoms with Gasteiger partial charge in [-0.25, -0.2) is 0 Å². The van der Waals surface area contributed by atoms with Crippen molar-refractivity contribution in [3.8, 4) is 5.75 Å². The summed E-state index contributed by atoms with van der Waals surface area (Å²) in [6.07, 6.45) is 3.10. The van der Waals surface area contributed by atoms with Crippen molar-refractivity contribution >= 4 is 40.3 Å². The van der Waals surface area contributed by atoms with Crippen molar-refractivity contribution in [3.63, 3.8) is 0 Å². The van der Waals surface area contributed by atoms with Crippen LogP contribution in [0.3, 0.4) is 0 Å². The van der Waals surface area contributed by atoms with E-state index in [0.717, 1.165) is 12.8 Å². The molecule has 1 fully saturated rings. The van der Waals surface area contributed by atoms with Crippen molar-refractivity contribution < 1.29 is 23.9 Å². The Morgan fingerprint density at radius 1 is 1.08 bits per heavy atom. The zero-order valence-electron chi connectivity index (χ0n) is 21.7. The lowest BCUT2D eigenvalue weighted by molar-refractivity contribution is -0.148. The van der Waals surface area contributed by atoms with Gasteiger partial charge in [0, 0.05) is 27.7 Å². The van der Waals surface area contributed by atoms with Crippen LogP contribution < -0.4 is 10.1 Å². The molecule has 3 atom stereocenters. The molecule has 1 N–H and O–H groups in total. The fourth-order valence-corrected chi connectivity index (χ4v) is 5.30. The fraction of sp³-hybridized carbons (Fsp3) is 0.414. The monoisotopic (exact) mass is 524 g/mol. The molecule has 0 spiro atoms. The number of esters is 1. The van der Waals surface area contributed by atoms with Gasteiger partial charge in [0.1, 0.15) is 5.75 Å². The average molecular weight is 525 g/mol. The highest BCUT2D eigenvalue weighted by Crippen LogP contribution is 2.31. The van der Waals surface area contributed by atoms with E-state index in [2.05, 4.69) is 19.2 Å². The summed E-state index contributed by atoms with van der Waals surface area (Å²) in [5.41, 5.74) is 2.39. The van der Waals surface area contributed by atoms with E-state index in [1.807, 2.05) is 0 Å². The molecule has 3 aromatic rings. The van der Waals surface area contributed by atoms with Crippen molar-refractivity contribution in [3.05, 3.63) is 64.3 Å². The van der Waals surface area contributed by atoms with Crippen LogP contribution in [0.1, 0.15) is 54.7 Å². The van der Waals surface area contributed by atoms with Crippen LogP contribution in [0, 0.1) is 18.8 Å². The van der Waals surface area contributed by atoms with Gasteiger partial charge in [-0.3, -0.25) is 19.0 Å². The van der Waals surface area contributed by atoms with Crippen LogP contribution in [0.15, 0.2) is 42.5 Å². The second-order valence-corrected chi connectivity index (χ2v) is 10.3. The molecule has 1 saturated carbocycles. The van der Waals surface area contributed by atoms with E-state index in [0.29, 0.717) is 50.3 Å². The molecular weight excluding hydrogens is 492 g/mol. The summed E-state index contributed by atoms with van der Waals surface area (Å²) in [4.78, 5) is 38.7. The van der Waals surface area contributed by atoms with Crippen molar-refractivity contribution in [2.24, 2.45) is 11.8 Å². The van der Waals surface area contributed by atoms with Gasteiger partial charge >= 0.3 is 5.97 Å². The topological polar surface area (TPSA) is 86.6 Å². The molecule has 0 unspecified atom stereocenters. The summed E-state index contributed by atoms with van der Waals surface area (Å²) in [6.45, 7) is 5.82. The fourth-order valence-electron chi connectivity index (χ4n) is 5.17. The third-order valence-electron chi connectivity index (χ3n) is 7.57. The van der Waals surface area contributed by atoms with E-state index < -0.39 is 5.97 Å². The number of rotatable bonds is 7. The number of hydrogen-bond acceptors (Lipinski definition) is 5. The summed E-state index contributed by atoms with van der Waals surface area (Å²) < 4.78 is 12.3. The smallest absolute Gasteiger partial charge is 0.310 e. The zero-order valence-corrected chi connectivity index (χ0v) is 22.4. The number of halogens is 1. The molecule has 196 valence electrons. The van der Waals surface area contributed by atoms with Gasteiger partial charge in [-0.1, -0.05) is 38.3 Å². The number of nitrogens with one attached hydrogen (secondary N) is 1. The molecular formula is C29H33ClN2O5. The molecule has 0 aliphatic heterocycles. The highest BCUT2D eigenvalue weighted by molar-refractivity contribution is 6.30. The first-order chi connectivity index (χ1) is 17.7. The van der Waals surface area contributed by atoms with E-state index in [9.17, 15) is 14.4 Å². The first kappa shape index (κ1) is 26.7. The van der Waals surface area contributed by atoms with Gasteiger partial charge in [0.15, 0.2) is 6.61 Å². The van der Waals surface area contributed by atoms with E-state index >= 15 is 0 Å². The summed E-state index contributed by atoms with van der Waals surface area (Å²) >= 11 is 5.99. The lowest BCUT2D eigenvalue weighted by Gasteiger charge is -2.34. The van der Waals surface area contributed by atoms with Gasteiger partial charge in [0.25, 0.3) is 11.8 Å². The molecule has 1 aromatic heterocycles. The van der Waals surface area contributed by atoms with Crippen molar-refractivity contribution in [1.82, 2.24) is 9.88 Å². The number of hydrogen-bond donors (Lipinski definition) is 1. The number of ether oxygens (including phenoxy) is 2. The maximum Gasteiger partial charge on any atom is 0.310 e. The molecule has 1 amide bonds. The number of amides is 1. The Balaban J connectivity index is 1.52. The molecule has 7 nitrogen and oxygen atoms in total. The quantitative estimate of drug-likeness (QED) is 0.422. The van der Waals surface area contributed by atoms with Crippen molar-refractivity contribution in [2.45, 2.75) is 52.5 Å². The van der Waals surface area contributed by atoms with Crippen LogP contribution in [0.25, 0.3) is 10.9 Å². The second kappa shape index (κ2) is 11.4. The lowest BCUT2D eigenvalue weighted by Crippen LogP contribution is -2.45. The highest BCUT2D eigenvalue weighted by Gasteiger charge is 2.28. The normalized spacial score (nSPS) is 19.4. The maximum absolute atomic E-state index is 13.4. The van der Waals surface area contributed by atoms with Gasteiger partial charge < -0.3 is 14.8 Å². The minimum absolute atomic E-state index is 0.0828. The van der Waals surface area contributed by atoms with E-state index in [-0.39, 0.29) is 30.9 Å². The Labute approximate surface area is 222 Å². The van der Waals surface area contributed by atoms with Crippen LogP contribution in [0.2, 0.25) is 5.02 Å². The van der Waals surface area contributed by atoms with Crippen molar-refractivity contribution in [2.75, 3.05) is 13.7 Å². The van der Waals surface area contributed by atoms with Crippen LogP contribution in [-0.2, 0) is 20.7 Å². The summed E-state index contributed by atoms with van der Waals surface area (Å²) in [5, 5.41) is 4.28. The molecule has 4 rings (SSSR count). The van der Waals surface area contributed by atoms with Crippen LogP contribution in [0.5, 0.6) is 5.75 Å². The highest BCUT2D eigenvalue weighted by atomic mass is 35.5. The second-order valence-electron chi connectivity index (χ2n) is 9.87. The first-order valence-electron chi connectivity index (χ1n) is 12.6.